The van der Waals surface area contributed by atoms with Crippen molar-refractivity contribution in [2.75, 3.05) is 11.4 Å². The van der Waals surface area contributed by atoms with Crippen LogP contribution in [0.25, 0.3) is 0 Å². The van der Waals surface area contributed by atoms with Crippen molar-refractivity contribution in [1.82, 2.24) is 5.32 Å². The minimum absolute atomic E-state index is 0.0516. The van der Waals surface area contributed by atoms with Crippen molar-refractivity contribution in [3.05, 3.63) is 65.5 Å². The van der Waals surface area contributed by atoms with Gasteiger partial charge in [-0.3, -0.25) is 9.59 Å². The molecule has 0 bridgehead atoms. The van der Waals surface area contributed by atoms with E-state index < -0.39 is 0 Å². The highest BCUT2D eigenvalue weighted by Crippen LogP contribution is 2.36. The second-order valence-corrected chi connectivity index (χ2v) is 7.68. The molecule has 0 spiro atoms. The van der Waals surface area contributed by atoms with E-state index in [0.717, 1.165) is 31.4 Å². The summed E-state index contributed by atoms with van der Waals surface area (Å²) in [5.41, 5.74) is 2.62. The highest BCUT2D eigenvalue weighted by Gasteiger charge is 2.39. The van der Waals surface area contributed by atoms with Gasteiger partial charge in [0.1, 0.15) is 5.82 Å². The maximum absolute atomic E-state index is 13.8. The first-order chi connectivity index (χ1) is 13.6. The summed E-state index contributed by atoms with van der Waals surface area (Å²) in [6.07, 6.45) is 4.20. The lowest BCUT2D eigenvalue weighted by Crippen LogP contribution is -2.45. The number of carbonyl (C=O) groups excluding carboxylic acids is 2. The molecular weight excluding hydrogens is 355 g/mol. The number of rotatable bonds is 4. The fourth-order valence-electron chi connectivity index (χ4n) is 4.46. The van der Waals surface area contributed by atoms with Crippen LogP contribution >= 0.6 is 0 Å². The SMILES string of the molecule is O=C(NCc1ccccc1F)C1CCCCC1C(=O)N1CCc2ccccc21. The molecule has 1 aliphatic carbocycles. The molecule has 0 saturated heterocycles. The third kappa shape index (κ3) is 3.66. The van der Waals surface area contributed by atoms with E-state index in [2.05, 4.69) is 11.4 Å². The van der Waals surface area contributed by atoms with Gasteiger partial charge in [0.2, 0.25) is 11.8 Å². The Morgan fingerprint density at radius 3 is 2.54 bits per heavy atom. The third-order valence-electron chi connectivity index (χ3n) is 5.98. The average Bonchev–Trinajstić information content (AvgIpc) is 3.16. The average molecular weight is 380 g/mol. The lowest BCUT2D eigenvalue weighted by atomic mass is 9.77. The molecule has 1 fully saturated rings. The molecule has 2 aliphatic rings. The quantitative estimate of drug-likeness (QED) is 0.876. The molecule has 1 saturated carbocycles. The van der Waals surface area contributed by atoms with Crippen LogP contribution in [0, 0.1) is 17.7 Å². The molecular formula is C23H25FN2O2. The third-order valence-corrected chi connectivity index (χ3v) is 5.98. The van der Waals surface area contributed by atoms with Crippen LogP contribution in [0.3, 0.4) is 0 Å². The Kier molecular flexibility index (Phi) is 5.42. The minimum Gasteiger partial charge on any atom is -0.352 e. The molecule has 4 rings (SSSR count). The smallest absolute Gasteiger partial charge is 0.230 e. The molecule has 2 amide bonds. The summed E-state index contributed by atoms with van der Waals surface area (Å²) >= 11 is 0. The summed E-state index contributed by atoms with van der Waals surface area (Å²) in [6, 6.07) is 14.4. The standard InChI is InChI=1S/C23H25FN2O2/c24-20-11-5-1-8-17(20)15-25-22(27)18-9-3-4-10-19(18)23(28)26-14-13-16-7-2-6-12-21(16)26/h1-2,5-8,11-12,18-19H,3-4,9-10,13-15H2,(H,25,27). The minimum atomic E-state index is -0.346. The van der Waals surface area contributed by atoms with Crippen molar-refractivity contribution >= 4 is 17.5 Å². The molecule has 28 heavy (non-hydrogen) atoms. The maximum atomic E-state index is 13.8. The van der Waals surface area contributed by atoms with E-state index in [-0.39, 0.29) is 36.0 Å². The Labute approximate surface area is 164 Å². The Bertz CT molecular complexity index is 882. The van der Waals surface area contributed by atoms with Gasteiger partial charge in [-0.15, -0.1) is 0 Å². The Hall–Kier alpha value is -2.69. The largest absolute Gasteiger partial charge is 0.352 e. The summed E-state index contributed by atoms with van der Waals surface area (Å²) in [6.45, 7) is 0.827. The predicted molar refractivity (Wildman–Crippen MR) is 106 cm³/mol. The van der Waals surface area contributed by atoms with Crippen LogP contribution in [-0.4, -0.2) is 18.4 Å². The summed E-state index contributed by atoms with van der Waals surface area (Å²) in [5.74, 6) is -1.07. The van der Waals surface area contributed by atoms with Crippen molar-refractivity contribution in [1.29, 1.82) is 0 Å². The van der Waals surface area contributed by atoms with Crippen LogP contribution in [0.5, 0.6) is 0 Å². The van der Waals surface area contributed by atoms with Crippen molar-refractivity contribution < 1.29 is 14.0 Å². The van der Waals surface area contributed by atoms with E-state index in [4.69, 9.17) is 0 Å². The number of amides is 2. The van der Waals surface area contributed by atoms with E-state index in [9.17, 15) is 14.0 Å². The van der Waals surface area contributed by atoms with E-state index in [1.165, 1.54) is 11.6 Å². The number of anilines is 1. The van der Waals surface area contributed by atoms with E-state index >= 15 is 0 Å². The Balaban J connectivity index is 1.46. The normalized spacial score (nSPS) is 21.2. The molecule has 2 atom stereocenters. The molecule has 0 aromatic heterocycles. The Morgan fingerprint density at radius 1 is 1.00 bits per heavy atom. The zero-order valence-corrected chi connectivity index (χ0v) is 15.9. The van der Waals surface area contributed by atoms with Crippen molar-refractivity contribution in [2.45, 2.75) is 38.6 Å². The number of hydrogen-bond donors (Lipinski definition) is 1. The topological polar surface area (TPSA) is 49.4 Å². The predicted octanol–water partition coefficient (Wildman–Crippen LogP) is 3.84. The van der Waals surface area contributed by atoms with Gasteiger partial charge in [-0.2, -0.15) is 0 Å². The van der Waals surface area contributed by atoms with Gasteiger partial charge < -0.3 is 10.2 Å². The van der Waals surface area contributed by atoms with Crippen LogP contribution in [0.4, 0.5) is 10.1 Å². The molecule has 2 aromatic carbocycles. The van der Waals surface area contributed by atoms with Gasteiger partial charge in [0.05, 0.1) is 5.92 Å². The summed E-state index contributed by atoms with van der Waals surface area (Å²) in [7, 11) is 0. The fourth-order valence-corrected chi connectivity index (χ4v) is 4.46. The van der Waals surface area contributed by atoms with Crippen LogP contribution in [0.2, 0.25) is 0 Å². The van der Waals surface area contributed by atoms with Gasteiger partial charge in [0, 0.05) is 30.3 Å². The number of hydrogen-bond acceptors (Lipinski definition) is 2. The zero-order chi connectivity index (χ0) is 19.5. The molecule has 2 unspecified atom stereocenters. The van der Waals surface area contributed by atoms with E-state index in [0.29, 0.717) is 18.5 Å². The molecule has 1 heterocycles. The van der Waals surface area contributed by atoms with Gasteiger partial charge in [0.15, 0.2) is 0 Å². The second-order valence-electron chi connectivity index (χ2n) is 7.68. The molecule has 1 aliphatic heterocycles. The summed E-state index contributed by atoms with van der Waals surface area (Å²) in [4.78, 5) is 28.0. The summed E-state index contributed by atoms with van der Waals surface area (Å²) in [5, 5.41) is 2.85. The van der Waals surface area contributed by atoms with Crippen LogP contribution < -0.4 is 10.2 Å². The zero-order valence-electron chi connectivity index (χ0n) is 15.9. The first kappa shape index (κ1) is 18.7. The lowest BCUT2D eigenvalue weighted by Gasteiger charge is -2.32. The fraction of sp³-hybridized carbons (Fsp3) is 0.391. The van der Waals surface area contributed by atoms with Crippen molar-refractivity contribution in [3.8, 4) is 0 Å². The number of carbonyl (C=O) groups is 2. The number of halogens is 1. The van der Waals surface area contributed by atoms with E-state index in [1.54, 1.807) is 18.2 Å². The molecule has 5 heteroatoms. The highest BCUT2D eigenvalue weighted by atomic mass is 19.1. The molecule has 2 aromatic rings. The number of benzene rings is 2. The Morgan fingerprint density at radius 2 is 1.71 bits per heavy atom. The first-order valence-corrected chi connectivity index (χ1v) is 10.1. The van der Waals surface area contributed by atoms with Crippen LogP contribution in [0.1, 0.15) is 36.8 Å². The van der Waals surface area contributed by atoms with Crippen LogP contribution in [-0.2, 0) is 22.6 Å². The lowest BCUT2D eigenvalue weighted by molar-refractivity contribution is -0.135. The monoisotopic (exact) mass is 380 g/mol. The van der Waals surface area contributed by atoms with Gasteiger partial charge in [0.25, 0.3) is 0 Å². The number of fused-ring (bicyclic) bond motifs is 1. The first-order valence-electron chi connectivity index (χ1n) is 10.1. The molecule has 1 N–H and O–H groups in total. The van der Waals surface area contributed by atoms with Gasteiger partial charge in [-0.05, 0) is 37.0 Å². The second kappa shape index (κ2) is 8.13. The van der Waals surface area contributed by atoms with Crippen molar-refractivity contribution in [3.63, 3.8) is 0 Å². The molecule has 4 nitrogen and oxygen atoms in total. The maximum Gasteiger partial charge on any atom is 0.230 e. The van der Waals surface area contributed by atoms with Crippen LogP contribution in [0.15, 0.2) is 48.5 Å². The summed E-state index contributed by atoms with van der Waals surface area (Å²) < 4.78 is 13.8. The molecule has 146 valence electrons. The number of para-hydroxylation sites is 1. The van der Waals surface area contributed by atoms with Crippen molar-refractivity contribution in [2.24, 2.45) is 11.8 Å². The number of nitrogens with one attached hydrogen (secondary N) is 1. The van der Waals surface area contributed by atoms with E-state index in [1.807, 2.05) is 23.1 Å². The molecule has 0 radical (unpaired) electrons. The van der Waals surface area contributed by atoms with Gasteiger partial charge in [-0.25, -0.2) is 4.39 Å². The van der Waals surface area contributed by atoms with Gasteiger partial charge in [-0.1, -0.05) is 49.2 Å². The number of nitrogens with zero attached hydrogens (tertiary/aromatic N) is 1. The van der Waals surface area contributed by atoms with Gasteiger partial charge >= 0.3 is 0 Å². The highest BCUT2D eigenvalue weighted by molar-refractivity contribution is 5.99.